The first-order chi connectivity index (χ1) is 8.38. The Kier molecular flexibility index (Phi) is 4.03. The van der Waals surface area contributed by atoms with Gasteiger partial charge in [0, 0.05) is 30.0 Å². The minimum atomic E-state index is 0.963. The highest BCUT2D eigenvalue weighted by Gasteiger charge is 1.98. The van der Waals surface area contributed by atoms with Crippen molar-refractivity contribution < 1.29 is 0 Å². The van der Waals surface area contributed by atoms with Gasteiger partial charge >= 0.3 is 0 Å². The van der Waals surface area contributed by atoms with E-state index in [0.717, 1.165) is 24.4 Å². The van der Waals surface area contributed by atoms with Gasteiger partial charge in [-0.3, -0.25) is 0 Å². The van der Waals surface area contributed by atoms with Crippen molar-refractivity contribution in [3.05, 3.63) is 66.0 Å². The van der Waals surface area contributed by atoms with Gasteiger partial charge in [0.05, 0.1) is 0 Å². The number of hydrogen-bond acceptors (Lipinski definition) is 2. The molecule has 0 bridgehead atoms. The standard InChI is InChI=1S/C15H18N2/c1-2-16-13-9-6-10-15(12-11-13)17-14-7-4-3-5-8-14/h3-8,10-12,16-17H,2,9H2,1H3. The molecule has 1 aromatic carbocycles. The molecular formula is C15H18N2. The van der Waals surface area contributed by atoms with Crippen LogP contribution in [0.2, 0.25) is 0 Å². The lowest BCUT2D eigenvalue weighted by molar-refractivity contribution is 0.828. The van der Waals surface area contributed by atoms with Gasteiger partial charge in [0.2, 0.25) is 0 Å². The van der Waals surface area contributed by atoms with Crippen LogP contribution in [0.25, 0.3) is 0 Å². The zero-order chi connectivity index (χ0) is 11.9. The van der Waals surface area contributed by atoms with Crippen LogP contribution in [0.4, 0.5) is 5.69 Å². The fourth-order valence-electron chi connectivity index (χ4n) is 1.76. The quantitative estimate of drug-likeness (QED) is 0.821. The molecule has 1 aliphatic carbocycles. The van der Waals surface area contributed by atoms with Crippen molar-refractivity contribution in [1.82, 2.24) is 5.32 Å². The van der Waals surface area contributed by atoms with Crippen molar-refractivity contribution in [3.8, 4) is 0 Å². The third-order valence-corrected chi connectivity index (χ3v) is 2.57. The van der Waals surface area contributed by atoms with E-state index in [2.05, 4.69) is 54.0 Å². The van der Waals surface area contributed by atoms with E-state index in [1.165, 1.54) is 5.70 Å². The van der Waals surface area contributed by atoms with Crippen LogP contribution in [0.15, 0.2) is 66.0 Å². The molecule has 2 rings (SSSR count). The van der Waals surface area contributed by atoms with E-state index >= 15 is 0 Å². The number of benzene rings is 1. The summed E-state index contributed by atoms with van der Waals surface area (Å²) >= 11 is 0. The van der Waals surface area contributed by atoms with Crippen LogP contribution < -0.4 is 10.6 Å². The lowest BCUT2D eigenvalue weighted by Crippen LogP contribution is -2.10. The lowest BCUT2D eigenvalue weighted by Gasteiger charge is -2.05. The molecule has 2 N–H and O–H groups in total. The van der Waals surface area contributed by atoms with E-state index in [-0.39, 0.29) is 0 Å². The Bertz CT molecular complexity index is 441. The number of anilines is 1. The molecule has 0 saturated heterocycles. The fraction of sp³-hybridized carbons (Fsp3) is 0.200. The van der Waals surface area contributed by atoms with Crippen molar-refractivity contribution >= 4 is 5.69 Å². The minimum absolute atomic E-state index is 0.963. The Morgan fingerprint density at radius 3 is 2.71 bits per heavy atom. The molecule has 2 nitrogen and oxygen atoms in total. The molecule has 88 valence electrons. The largest absolute Gasteiger partial charge is 0.388 e. The molecular weight excluding hydrogens is 208 g/mol. The smallest absolute Gasteiger partial charge is 0.0384 e. The topological polar surface area (TPSA) is 24.1 Å². The summed E-state index contributed by atoms with van der Waals surface area (Å²) in [5.41, 5.74) is 3.49. The normalized spacial score (nSPS) is 14.6. The molecule has 0 unspecified atom stereocenters. The van der Waals surface area contributed by atoms with Gasteiger partial charge in [0.25, 0.3) is 0 Å². The maximum absolute atomic E-state index is 3.39. The third kappa shape index (κ3) is 3.52. The highest BCUT2D eigenvalue weighted by atomic mass is 14.9. The first kappa shape index (κ1) is 11.5. The number of para-hydroxylation sites is 1. The average molecular weight is 226 g/mol. The van der Waals surface area contributed by atoms with E-state index in [4.69, 9.17) is 0 Å². The van der Waals surface area contributed by atoms with Crippen molar-refractivity contribution in [1.29, 1.82) is 0 Å². The molecule has 0 aliphatic heterocycles. The highest BCUT2D eigenvalue weighted by Crippen LogP contribution is 2.13. The van der Waals surface area contributed by atoms with Crippen molar-refractivity contribution in [2.75, 3.05) is 11.9 Å². The second kappa shape index (κ2) is 5.94. The van der Waals surface area contributed by atoms with Crippen LogP contribution in [0.1, 0.15) is 13.3 Å². The minimum Gasteiger partial charge on any atom is -0.388 e. The number of allylic oxidation sites excluding steroid dienone is 4. The summed E-state index contributed by atoms with van der Waals surface area (Å²) in [6.45, 7) is 3.08. The molecule has 0 heterocycles. The number of rotatable bonds is 4. The molecule has 0 spiro atoms. The molecule has 1 aromatic rings. The predicted molar refractivity (Wildman–Crippen MR) is 73.7 cm³/mol. The summed E-state index contributed by atoms with van der Waals surface area (Å²) in [5, 5.41) is 6.73. The Hall–Kier alpha value is -1.96. The lowest BCUT2D eigenvalue weighted by atomic mass is 10.3. The summed E-state index contributed by atoms with van der Waals surface area (Å²) in [4.78, 5) is 0. The van der Waals surface area contributed by atoms with Gasteiger partial charge in [-0.1, -0.05) is 24.3 Å². The highest BCUT2D eigenvalue weighted by molar-refractivity contribution is 5.51. The van der Waals surface area contributed by atoms with E-state index in [1.807, 2.05) is 18.2 Å². The fourth-order valence-corrected chi connectivity index (χ4v) is 1.76. The predicted octanol–water partition coefficient (Wildman–Crippen LogP) is 3.44. The van der Waals surface area contributed by atoms with Gasteiger partial charge < -0.3 is 10.6 Å². The Labute approximate surface area is 103 Å². The van der Waals surface area contributed by atoms with E-state index < -0.39 is 0 Å². The summed E-state index contributed by atoms with van der Waals surface area (Å²) in [5.74, 6) is 0. The summed E-state index contributed by atoms with van der Waals surface area (Å²) in [7, 11) is 0. The molecule has 0 atom stereocenters. The summed E-state index contributed by atoms with van der Waals surface area (Å²) in [6.07, 6.45) is 9.49. The molecule has 1 aliphatic rings. The van der Waals surface area contributed by atoms with Gasteiger partial charge in [-0.25, -0.2) is 0 Å². The molecule has 2 heteroatoms. The van der Waals surface area contributed by atoms with Gasteiger partial charge in [0.15, 0.2) is 0 Å². The van der Waals surface area contributed by atoms with Gasteiger partial charge in [-0.05, 0) is 37.3 Å². The Morgan fingerprint density at radius 2 is 1.94 bits per heavy atom. The van der Waals surface area contributed by atoms with Crippen LogP contribution in [-0.4, -0.2) is 6.54 Å². The SMILES string of the molecule is CCNC1=CC=C(Nc2ccccc2)C=CC1. The van der Waals surface area contributed by atoms with Crippen LogP contribution in [0.5, 0.6) is 0 Å². The summed E-state index contributed by atoms with van der Waals surface area (Å²) < 4.78 is 0. The molecule has 0 radical (unpaired) electrons. The van der Waals surface area contributed by atoms with E-state index in [9.17, 15) is 0 Å². The Morgan fingerprint density at radius 1 is 1.12 bits per heavy atom. The third-order valence-electron chi connectivity index (χ3n) is 2.57. The van der Waals surface area contributed by atoms with Crippen molar-refractivity contribution in [2.24, 2.45) is 0 Å². The number of hydrogen-bond donors (Lipinski definition) is 2. The molecule has 0 fully saturated rings. The molecule has 17 heavy (non-hydrogen) atoms. The average Bonchev–Trinajstić information content (AvgIpc) is 2.57. The van der Waals surface area contributed by atoms with Crippen molar-refractivity contribution in [3.63, 3.8) is 0 Å². The van der Waals surface area contributed by atoms with Gasteiger partial charge in [0.1, 0.15) is 0 Å². The maximum atomic E-state index is 3.39. The second-order valence-corrected chi connectivity index (χ2v) is 3.94. The molecule has 0 amide bonds. The maximum Gasteiger partial charge on any atom is 0.0384 e. The first-order valence-electron chi connectivity index (χ1n) is 6.02. The number of nitrogens with one attached hydrogen (secondary N) is 2. The monoisotopic (exact) mass is 226 g/mol. The second-order valence-electron chi connectivity index (χ2n) is 3.94. The van der Waals surface area contributed by atoms with Crippen LogP contribution in [-0.2, 0) is 0 Å². The van der Waals surface area contributed by atoms with Crippen LogP contribution in [0.3, 0.4) is 0 Å². The molecule has 0 aromatic heterocycles. The van der Waals surface area contributed by atoms with E-state index in [1.54, 1.807) is 0 Å². The van der Waals surface area contributed by atoms with Gasteiger partial charge in [-0.2, -0.15) is 0 Å². The zero-order valence-corrected chi connectivity index (χ0v) is 10.1. The van der Waals surface area contributed by atoms with Crippen molar-refractivity contribution in [2.45, 2.75) is 13.3 Å². The van der Waals surface area contributed by atoms with Crippen LogP contribution >= 0.6 is 0 Å². The van der Waals surface area contributed by atoms with Crippen LogP contribution in [0, 0.1) is 0 Å². The first-order valence-corrected chi connectivity index (χ1v) is 6.02. The van der Waals surface area contributed by atoms with Gasteiger partial charge in [-0.15, -0.1) is 0 Å². The Balaban J connectivity index is 2.07. The van der Waals surface area contributed by atoms with E-state index in [0.29, 0.717) is 0 Å². The zero-order valence-electron chi connectivity index (χ0n) is 10.1. The summed E-state index contributed by atoms with van der Waals surface area (Å²) in [6, 6.07) is 10.2. The molecule has 0 saturated carbocycles.